The molecular weight excluding hydrogens is 254 g/mol. The van der Waals surface area contributed by atoms with Crippen molar-refractivity contribution < 1.29 is 14.6 Å². The first-order valence-corrected chi connectivity index (χ1v) is 7.34. The molecule has 0 aliphatic heterocycles. The fraction of sp³-hybridized carbons (Fsp3) is 0.625. The largest absolute Gasteiger partial charge is 0.493 e. The van der Waals surface area contributed by atoms with Gasteiger partial charge in [0, 0.05) is 13.1 Å². The number of hydrogen-bond acceptors (Lipinski definition) is 4. The van der Waals surface area contributed by atoms with Gasteiger partial charge in [-0.05, 0) is 36.5 Å². The van der Waals surface area contributed by atoms with Crippen LogP contribution in [0, 0.1) is 5.92 Å². The van der Waals surface area contributed by atoms with Gasteiger partial charge in [0.1, 0.15) is 0 Å². The number of hydrogen-bond donors (Lipinski definition) is 2. The average molecular weight is 279 g/mol. The highest BCUT2D eigenvalue weighted by molar-refractivity contribution is 5.42. The number of aliphatic hydroxyl groups excluding tert-OH is 1. The molecule has 1 aromatic carbocycles. The molecule has 0 amide bonds. The summed E-state index contributed by atoms with van der Waals surface area (Å²) < 4.78 is 10.5. The minimum Gasteiger partial charge on any atom is -0.493 e. The lowest BCUT2D eigenvalue weighted by Crippen LogP contribution is -2.33. The molecule has 0 saturated heterocycles. The minimum absolute atomic E-state index is 0.137. The van der Waals surface area contributed by atoms with Gasteiger partial charge < -0.3 is 19.9 Å². The smallest absolute Gasteiger partial charge is 0.161 e. The molecule has 1 fully saturated rings. The van der Waals surface area contributed by atoms with Gasteiger partial charge in [0.15, 0.2) is 11.5 Å². The number of benzene rings is 1. The first-order chi connectivity index (χ1) is 9.74. The van der Waals surface area contributed by atoms with Gasteiger partial charge in [-0.1, -0.05) is 18.9 Å². The highest BCUT2D eigenvalue weighted by atomic mass is 16.5. The van der Waals surface area contributed by atoms with E-state index in [1.165, 1.54) is 6.42 Å². The standard InChI is InChI=1S/C16H25NO3/c1-19-15-8-7-12(9-16(15)20-2)10-17-11-13-5-3-4-6-14(13)18/h7-9,13-14,17-18H,3-6,10-11H2,1-2H3. The van der Waals surface area contributed by atoms with Crippen LogP contribution in [0.2, 0.25) is 0 Å². The maximum atomic E-state index is 9.94. The quantitative estimate of drug-likeness (QED) is 0.839. The summed E-state index contributed by atoms with van der Waals surface area (Å²) >= 11 is 0. The second kappa shape index (κ2) is 7.50. The highest BCUT2D eigenvalue weighted by Crippen LogP contribution is 2.27. The molecular formula is C16H25NO3. The molecule has 0 spiro atoms. The van der Waals surface area contributed by atoms with Gasteiger partial charge in [-0.2, -0.15) is 0 Å². The van der Waals surface area contributed by atoms with Crippen molar-refractivity contribution in [3.05, 3.63) is 23.8 Å². The molecule has 1 aliphatic rings. The molecule has 1 saturated carbocycles. The molecule has 0 heterocycles. The first-order valence-electron chi connectivity index (χ1n) is 7.34. The van der Waals surface area contributed by atoms with Crippen LogP contribution < -0.4 is 14.8 Å². The van der Waals surface area contributed by atoms with Crippen molar-refractivity contribution in [2.75, 3.05) is 20.8 Å². The zero-order valence-electron chi connectivity index (χ0n) is 12.4. The van der Waals surface area contributed by atoms with Crippen molar-refractivity contribution in [2.24, 2.45) is 5.92 Å². The number of nitrogens with one attached hydrogen (secondary N) is 1. The molecule has 1 aromatic rings. The summed E-state index contributed by atoms with van der Waals surface area (Å²) in [6, 6.07) is 5.94. The van der Waals surface area contributed by atoms with E-state index in [2.05, 4.69) is 5.32 Å². The van der Waals surface area contributed by atoms with Gasteiger partial charge in [0.2, 0.25) is 0 Å². The Bertz CT molecular complexity index is 422. The normalized spacial score (nSPS) is 22.6. The lowest BCUT2D eigenvalue weighted by Gasteiger charge is -2.27. The Morgan fingerprint density at radius 1 is 1.15 bits per heavy atom. The molecule has 2 rings (SSSR count). The van der Waals surface area contributed by atoms with E-state index in [9.17, 15) is 5.11 Å². The monoisotopic (exact) mass is 279 g/mol. The SMILES string of the molecule is COc1ccc(CNCC2CCCCC2O)cc1OC. The Morgan fingerprint density at radius 2 is 1.90 bits per heavy atom. The summed E-state index contributed by atoms with van der Waals surface area (Å²) in [5.41, 5.74) is 1.16. The zero-order chi connectivity index (χ0) is 14.4. The van der Waals surface area contributed by atoms with Gasteiger partial charge in [0.25, 0.3) is 0 Å². The second-order valence-electron chi connectivity index (χ2n) is 5.43. The third-order valence-corrected chi connectivity index (χ3v) is 4.05. The summed E-state index contributed by atoms with van der Waals surface area (Å²) in [5.74, 6) is 1.90. The van der Waals surface area contributed by atoms with Crippen molar-refractivity contribution in [1.82, 2.24) is 5.32 Å². The van der Waals surface area contributed by atoms with Crippen molar-refractivity contribution >= 4 is 0 Å². The summed E-state index contributed by atoms with van der Waals surface area (Å²) in [4.78, 5) is 0. The Balaban J connectivity index is 1.84. The van der Waals surface area contributed by atoms with Crippen LogP contribution in [0.4, 0.5) is 0 Å². The minimum atomic E-state index is -0.137. The molecule has 2 unspecified atom stereocenters. The predicted octanol–water partition coefficient (Wildman–Crippen LogP) is 2.34. The van der Waals surface area contributed by atoms with E-state index in [-0.39, 0.29) is 6.10 Å². The average Bonchev–Trinajstić information content (AvgIpc) is 2.49. The number of rotatable bonds is 6. The maximum Gasteiger partial charge on any atom is 0.161 e. The van der Waals surface area contributed by atoms with Crippen molar-refractivity contribution in [2.45, 2.75) is 38.3 Å². The van der Waals surface area contributed by atoms with Crippen LogP contribution in [0.1, 0.15) is 31.2 Å². The molecule has 4 nitrogen and oxygen atoms in total. The number of methoxy groups -OCH3 is 2. The van der Waals surface area contributed by atoms with E-state index >= 15 is 0 Å². The molecule has 2 N–H and O–H groups in total. The van der Waals surface area contributed by atoms with E-state index in [1.54, 1.807) is 14.2 Å². The van der Waals surface area contributed by atoms with Gasteiger partial charge >= 0.3 is 0 Å². The topological polar surface area (TPSA) is 50.7 Å². The highest BCUT2D eigenvalue weighted by Gasteiger charge is 2.22. The van der Waals surface area contributed by atoms with Crippen LogP contribution in [-0.4, -0.2) is 32.0 Å². The summed E-state index contributed by atoms with van der Waals surface area (Å²) in [7, 11) is 3.29. The van der Waals surface area contributed by atoms with Gasteiger partial charge in [-0.3, -0.25) is 0 Å². The van der Waals surface area contributed by atoms with E-state index in [1.807, 2.05) is 18.2 Å². The molecule has 4 heteroatoms. The summed E-state index contributed by atoms with van der Waals surface area (Å²) in [5, 5.41) is 13.4. The lowest BCUT2D eigenvalue weighted by atomic mass is 9.86. The van der Waals surface area contributed by atoms with Gasteiger partial charge in [0.05, 0.1) is 20.3 Å². The number of aliphatic hydroxyl groups is 1. The Morgan fingerprint density at radius 3 is 2.60 bits per heavy atom. The molecule has 0 aromatic heterocycles. The van der Waals surface area contributed by atoms with Crippen LogP contribution in [-0.2, 0) is 6.54 Å². The maximum absolute atomic E-state index is 9.94. The van der Waals surface area contributed by atoms with Gasteiger partial charge in [-0.25, -0.2) is 0 Å². The van der Waals surface area contributed by atoms with Crippen molar-refractivity contribution in [3.8, 4) is 11.5 Å². The zero-order valence-corrected chi connectivity index (χ0v) is 12.4. The molecule has 0 radical (unpaired) electrons. The van der Waals surface area contributed by atoms with Gasteiger partial charge in [-0.15, -0.1) is 0 Å². The van der Waals surface area contributed by atoms with Crippen LogP contribution in [0.15, 0.2) is 18.2 Å². The Hall–Kier alpha value is -1.26. The predicted molar refractivity (Wildman–Crippen MR) is 79.2 cm³/mol. The fourth-order valence-electron chi connectivity index (χ4n) is 2.82. The second-order valence-corrected chi connectivity index (χ2v) is 5.43. The van der Waals surface area contributed by atoms with E-state index in [0.29, 0.717) is 5.92 Å². The van der Waals surface area contributed by atoms with Crippen LogP contribution >= 0.6 is 0 Å². The Labute approximate surface area is 121 Å². The molecule has 20 heavy (non-hydrogen) atoms. The molecule has 1 aliphatic carbocycles. The fourth-order valence-corrected chi connectivity index (χ4v) is 2.82. The Kier molecular flexibility index (Phi) is 5.68. The van der Waals surface area contributed by atoms with E-state index in [4.69, 9.17) is 9.47 Å². The van der Waals surface area contributed by atoms with Crippen LogP contribution in [0.25, 0.3) is 0 Å². The first kappa shape index (κ1) is 15.1. The van der Waals surface area contributed by atoms with Crippen LogP contribution in [0.3, 0.4) is 0 Å². The van der Waals surface area contributed by atoms with Crippen LogP contribution in [0.5, 0.6) is 11.5 Å². The number of ether oxygens (including phenoxy) is 2. The van der Waals surface area contributed by atoms with E-state index in [0.717, 1.165) is 49.4 Å². The van der Waals surface area contributed by atoms with Crippen molar-refractivity contribution in [3.63, 3.8) is 0 Å². The molecule has 2 atom stereocenters. The molecule has 0 bridgehead atoms. The summed E-state index contributed by atoms with van der Waals surface area (Å²) in [6.45, 7) is 1.65. The molecule has 112 valence electrons. The van der Waals surface area contributed by atoms with E-state index < -0.39 is 0 Å². The summed E-state index contributed by atoms with van der Waals surface area (Å²) in [6.07, 6.45) is 4.33. The lowest BCUT2D eigenvalue weighted by molar-refractivity contribution is 0.0695. The third kappa shape index (κ3) is 3.87. The third-order valence-electron chi connectivity index (χ3n) is 4.05. The van der Waals surface area contributed by atoms with Crippen molar-refractivity contribution in [1.29, 1.82) is 0 Å².